The molecule has 2 atom stereocenters. The molecule has 1 aromatic rings. The van der Waals surface area contributed by atoms with Gasteiger partial charge in [0.2, 0.25) is 5.91 Å². The number of amides is 1. The van der Waals surface area contributed by atoms with Crippen molar-refractivity contribution < 1.29 is 14.6 Å². The van der Waals surface area contributed by atoms with Crippen LogP contribution in [-0.4, -0.2) is 22.7 Å². The second-order valence-electron chi connectivity index (χ2n) is 5.16. The van der Waals surface area contributed by atoms with Gasteiger partial charge in [-0.1, -0.05) is 12.1 Å². The Morgan fingerprint density at radius 2 is 2.11 bits per heavy atom. The molecule has 104 valence electrons. The Balaban J connectivity index is 2.00. The normalized spacial score (nSPS) is 26.9. The summed E-state index contributed by atoms with van der Waals surface area (Å²) >= 11 is 0. The second-order valence-corrected chi connectivity index (χ2v) is 5.16. The van der Waals surface area contributed by atoms with E-state index in [4.69, 9.17) is 21.3 Å². The first-order valence-electron chi connectivity index (χ1n) is 6.49. The van der Waals surface area contributed by atoms with E-state index >= 15 is 0 Å². The van der Waals surface area contributed by atoms with Crippen molar-refractivity contribution >= 4 is 5.91 Å². The number of aliphatic hydroxyl groups excluding tert-OH is 1. The summed E-state index contributed by atoms with van der Waals surface area (Å²) in [5.41, 5.74) is 11.2. The van der Waals surface area contributed by atoms with Gasteiger partial charge in [0.15, 0.2) is 0 Å². The smallest absolute Gasteiger partial charge is 0.237 e. The molecule has 1 aliphatic rings. The Morgan fingerprint density at radius 3 is 2.68 bits per heavy atom. The van der Waals surface area contributed by atoms with Gasteiger partial charge >= 0.3 is 0 Å². The van der Waals surface area contributed by atoms with Gasteiger partial charge in [0.25, 0.3) is 0 Å². The topological polar surface area (TPSA) is 98.6 Å². The molecule has 1 saturated carbocycles. The minimum absolute atomic E-state index is 0.0112. The van der Waals surface area contributed by atoms with Gasteiger partial charge in [0.1, 0.15) is 11.9 Å². The van der Waals surface area contributed by atoms with E-state index < -0.39 is 11.4 Å². The van der Waals surface area contributed by atoms with Crippen LogP contribution in [0.1, 0.15) is 31.2 Å². The standard InChI is InChI=1S/C14H20N2O3/c15-13(18)14(16)7-1-2-12(8-14)19-11-5-3-10(9-17)4-6-11/h3-6,12,17H,1-2,7-9,16H2,(H2,15,18). The molecule has 2 unspecified atom stereocenters. The van der Waals surface area contributed by atoms with Crippen LogP contribution in [0.2, 0.25) is 0 Å². The monoisotopic (exact) mass is 264 g/mol. The highest BCUT2D eigenvalue weighted by Gasteiger charge is 2.38. The first kappa shape index (κ1) is 13.8. The lowest BCUT2D eigenvalue weighted by atomic mass is 9.80. The molecule has 1 aliphatic carbocycles. The third kappa shape index (κ3) is 3.24. The van der Waals surface area contributed by atoms with Crippen molar-refractivity contribution in [2.75, 3.05) is 0 Å². The van der Waals surface area contributed by atoms with E-state index in [1.165, 1.54) is 0 Å². The lowest BCUT2D eigenvalue weighted by Gasteiger charge is -2.35. The van der Waals surface area contributed by atoms with Gasteiger partial charge in [0.05, 0.1) is 12.1 Å². The summed E-state index contributed by atoms with van der Waals surface area (Å²) in [4.78, 5) is 11.4. The maximum Gasteiger partial charge on any atom is 0.237 e. The van der Waals surface area contributed by atoms with Crippen molar-refractivity contribution in [1.29, 1.82) is 0 Å². The minimum atomic E-state index is -0.950. The molecule has 0 spiro atoms. The average molecular weight is 264 g/mol. The molecule has 19 heavy (non-hydrogen) atoms. The molecule has 1 fully saturated rings. The van der Waals surface area contributed by atoms with Crippen LogP contribution in [0.5, 0.6) is 5.75 Å². The molecule has 1 aromatic carbocycles. The Kier molecular flexibility index (Phi) is 4.07. The Labute approximate surface area is 112 Å². The third-order valence-electron chi connectivity index (χ3n) is 3.64. The van der Waals surface area contributed by atoms with Gasteiger partial charge in [-0.3, -0.25) is 4.79 Å². The Morgan fingerprint density at radius 1 is 1.42 bits per heavy atom. The first-order chi connectivity index (χ1) is 9.03. The van der Waals surface area contributed by atoms with Crippen molar-refractivity contribution in [1.82, 2.24) is 0 Å². The van der Waals surface area contributed by atoms with Gasteiger partial charge in [-0.15, -0.1) is 0 Å². The number of ether oxygens (including phenoxy) is 1. The molecule has 5 N–H and O–H groups in total. The molecule has 1 amide bonds. The molecule has 5 heteroatoms. The molecule has 0 heterocycles. The fourth-order valence-corrected chi connectivity index (χ4v) is 2.45. The number of primary amides is 1. The van der Waals surface area contributed by atoms with E-state index in [2.05, 4.69) is 0 Å². The number of nitrogens with two attached hydrogens (primary N) is 2. The molecule has 0 saturated heterocycles. The van der Waals surface area contributed by atoms with E-state index in [9.17, 15) is 4.79 Å². The van der Waals surface area contributed by atoms with Crippen LogP contribution in [0.4, 0.5) is 0 Å². The van der Waals surface area contributed by atoms with Crippen LogP contribution in [0.3, 0.4) is 0 Å². The summed E-state index contributed by atoms with van der Waals surface area (Å²) in [5, 5.41) is 8.97. The maximum absolute atomic E-state index is 11.4. The summed E-state index contributed by atoms with van der Waals surface area (Å²) in [6.45, 7) is 0.0112. The van der Waals surface area contributed by atoms with Crippen molar-refractivity contribution in [2.45, 2.75) is 43.9 Å². The molecular weight excluding hydrogens is 244 g/mol. The highest BCUT2D eigenvalue weighted by atomic mass is 16.5. The summed E-state index contributed by atoms with van der Waals surface area (Å²) < 4.78 is 5.83. The molecule has 0 radical (unpaired) electrons. The summed E-state index contributed by atoms with van der Waals surface area (Å²) in [7, 11) is 0. The zero-order valence-electron chi connectivity index (χ0n) is 10.8. The quantitative estimate of drug-likeness (QED) is 0.744. The second kappa shape index (κ2) is 5.59. The van der Waals surface area contributed by atoms with E-state index in [0.717, 1.165) is 24.2 Å². The lowest BCUT2D eigenvalue weighted by molar-refractivity contribution is -0.125. The number of aliphatic hydroxyl groups is 1. The van der Waals surface area contributed by atoms with E-state index in [0.29, 0.717) is 12.8 Å². The number of hydrogen-bond donors (Lipinski definition) is 3. The van der Waals surface area contributed by atoms with E-state index in [1.54, 1.807) is 0 Å². The molecule has 0 aromatic heterocycles. The van der Waals surface area contributed by atoms with Crippen LogP contribution in [0.25, 0.3) is 0 Å². The lowest BCUT2D eigenvalue weighted by Crippen LogP contribution is -2.56. The zero-order chi connectivity index (χ0) is 13.9. The average Bonchev–Trinajstić information content (AvgIpc) is 2.39. The number of carbonyl (C=O) groups is 1. The highest BCUT2D eigenvalue weighted by Crippen LogP contribution is 2.29. The Hall–Kier alpha value is -1.59. The summed E-state index contributed by atoms with van der Waals surface area (Å²) in [5.74, 6) is 0.257. The van der Waals surface area contributed by atoms with Crippen LogP contribution in [0, 0.1) is 0 Å². The van der Waals surface area contributed by atoms with Crippen LogP contribution >= 0.6 is 0 Å². The molecule has 0 aliphatic heterocycles. The zero-order valence-corrected chi connectivity index (χ0v) is 10.8. The van der Waals surface area contributed by atoms with Crippen molar-refractivity contribution in [3.63, 3.8) is 0 Å². The summed E-state index contributed by atoms with van der Waals surface area (Å²) in [6.07, 6.45) is 2.67. The predicted molar refractivity (Wildman–Crippen MR) is 71.4 cm³/mol. The number of rotatable bonds is 4. The fraction of sp³-hybridized carbons (Fsp3) is 0.500. The molecule has 2 rings (SSSR count). The van der Waals surface area contributed by atoms with E-state index in [1.807, 2.05) is 24.3 Å². The fourth-order valence-electron chi connectivity index (χ4n) is 2.45. The van der Waals surface area contributed by atoms with Crippen LogP contribution in [-0.2, 0) is 11.4 Å². The predicted octanol–water partition coefficient (Wildman–Crippen LogP) is 0.683. The van der Waals surface area contributed by atoms with Gasteiger partial charge < -0.3 is 21.3 Å². The van der Waals surface area contributed by atoms with Crippen molar-refractivity contribution in [3.05, 3.63) is 29.8 Å². The minimum Gasteiger partial charge on any atom is -0.490 e. The largest absolute Gasteiger partial charge is 0.490 e. The SMILES string of the molecule is NC(=O)C1(N)CCCC(Oc2ccc(CO)cc2)C1. The Bertz CT molecular complexity index is 447. The van der Waals surface area contributed by atoms with Crippen LogP contribution in [0.15, 0.2) is 24.3 Å². The van der Waals surface area contributed by atoms with Crippen LogP contribution < -0.4 is 16.2 Å². The van der Waals surface area contributed by atoms with Gasteiger partial charge in [-0.25, -0.2) is 0 Å². The number of benzene rings is 1. The highest BCUT2D eigenvalue weighted by molar-refractivity contribution is 5.84. The van der Waals surface area contributed by atoms with Gasteiger partial charge in [-0.05, 0) is 37.0 Å². The van der Waals surface area contributed by atoms with Crippen molar-refractivity contribution in [3.8, 4) is 5.75 Å². The molecule has 0 bridgehead atoms. The third-order valence-corrected chi connectivity index (χ3v) is 3.64. The summed E-state index contributed by atoms with van der Waals surface area (Å²) in [6, 6.07) is 7.23. The molecule has 5 nitrogen and oxygen atoms in total. The maximum atomic E-state index is 11.4. The van der Waals surface area contributed by atoms with Gasteiger partial charge in [-0.2, -0.15) is 0 Å². The van der Waals surface area contributed by atoms with Gasteiger partial charge in [0, 0.05) is 6.42 Å². The number of carbonyl (C=O) groups excluding carboxylic acids is 1. The van der Waals surface area contributed by atoms with Crippen molar-refractivity contribution in [2.24, 2.45) is 11.5 Å². The number of hydrogen-bond acceptors (Lipinski definition) is 4. The molecular formula is C14H20N2O3. The first-order valence-corrected chi connectivity index (χ1v) is 6.49. The van der Waals surface area contributed by atoms with E-state index in [-0.39, 0.29) is 12.7 Å².